The zero-order chi connectivity index (χ0) is 16.7. The molecule has 0 aliphatic carbocycles. The van der Waals surface area contributed by atoms with Crippen LogP contribution in [-0.4, -0.2) is 25.0 Å². The van der Waals surface area contributed by atoms with Gasteiger partial charge >= 0.3 is 6.03 Å². The van der Waals surface area contributed by atoms with E-state index in [0.717, 1.165) is 4.47 Å². The molecular formula is C16H17BrN4O2. The predicted octanol–water partition coefficient (Wildman–Crippen LogP) is 2.78. The van der Waals surface area contributed by atoms with Crippen LogP contribution in [0, 0.1) is 0 Å². The van der Waals surface area contributed by atoms with Gasteiger partial charge in [-0.2, -0.15) is 0 Å². The van der Waals surface area contributed by atoms with Crippen LogP contribution in [0.25, 0.3) is 0 Å². The monoisotopic (exact) mass is 376 g/mol. The number of amides is 3. The Morgan fingerprint density at radius 1 is 1.04 bits per heavy atom. The molecule has 0 saturated heterocycles. The fraction of sp³-hybridized carbons (Fsp3) is 0.125. The van der Waals surface area contributed by atoms with Gasteiger partial charge < -0.3 is 21.7 Å². The average molecular weight is 377 g/mol. The van der Waals surface area contributed by atoms with Crippen LogP contribution in [0.5, 0.6) is 0 Å². The van der Waals surface area contributed by atoms with E-state index in [9.17, 15) is 9.59 Å². The molecule has 0 bridgehead atoms. The van der Waals surface area contributed by atoms with E-state index in [1.54, 1.807) is 36.4 Å². The quantitative estimate of drug-likeness (QED) is 0.645. The molecule has 2 aromatic carbocycles. The average Bonchev–Trinajstić information content (AvgIpc) is 2.53. The van der Waals surface area contributed by atoms with Gasteiger partial charge in [-0.05, 0) is 30.3 Å². The standard InChI is InChI=1S/C16H17BrN4O2/c17-11-4-3-5-12(10-11)20-16(23)21-14-7-2-1-6-13(14)15(22)19-9-8-18/h1-7,10H,8-9,18H2,(H,19,22)(H2,20,21,23). The van der Waals surface area contributed by atoms with Crippen molar-refractivity contribution in [1.29, 1.82) is 0 Å². The molecule has 0 aliphatic heterocycles. The number of rotatable bonds is 5. The molecule has 2 rings (SSSR count). The first kappa shape index (κ1) is 17.0. The van der Waals surface area contributed by atoms with E-state index in [4.69, 9.17) is 5.73 Å². The highest BCUT2D eigenvalue weighted by Gasteiger charge is 2.12. The lowest BCUT2D eigenvalue weighted by atomic mass is 10.1. The molecule has 0 spiro atoms. The number of halogens is 1. The van der Waals surface area contributed by atoms with E-state index in [1.165, 1.54) is 0 Å². The summed E-state index contributed by atoms with van der Waals surface area (Å²) < 4.78 is 0.858. The van der Waals surface area contributed by atoms with Crippen LogP contribution in [0.4, 0.5) is 16.2 Å². The second-order valence-corrected chi connectivity index (χ2v) is 5.60. The third-order valence-corrected chi connectivity index (χ3v) is 3.43. The Morgan fingerprint density at radius 2 is 1.83 bits per heavy atom. The summed E-state index contributed by atoms with van der Waals surface area (Å²) in [7, 11) is 0. The molecule has 0 aliphatic rings. The maximum atomic E-state index is 12.1. The highest BCUT2D eigenvalue weighted by molar-refractivity contribution is 9.10. The van der Waals surface area contributed by atoms with Crippen molar-refractivity contribution in [1.82, 2.24) is 5.32 Å². The lowest BCUT2D eigenvalue weighted by molar-refractivity contribution is 0.0955. The van der Waals surface area contributed by atoms with Gasteiger partial charge in [0.05, 0.1) is 11.3 Å². The van der Waals surface area contributed by atoms with Crippen LogP contribution in [0.3, 0.4) is 0 Å². The minimum Gasteiger partial charge on any atom is -0.351 e. The van der Waals surface area contributed by atoms with E-state index in [2.05, 4.69) is 31.9 Å². The lowest BCUT2D eigenvalue weighted by Crippen LogP contribution is -2.30. The first-order valence-corrected chi connectivity index (χ1v) is 7.80. The molecule has 0 saturated carbocycles. The van der Waals surface area contributed by atoms with Crippen LogP contribution in [0.1, 0.15) is 10.4 Å². The number of anilines is 2. The number of benzene rings is 2. The summed E-state index contributed by atoms with van der Waals surface area (Å²) in [5.74, 6) is -0.284. The van der Waals surface area contributed by atoms with E-state index in [0.29, 0.717) is 30.0 Å². The molecule has 120 valence electrons. The number of nitrogens with one attached hydrogen (secondary N) is 3. The normalized spacial score (nSPS) is 10.0. The smallest absolute Gasteiger partial charge is 0.323 e. The van der Waals surface area contributed by atoms with E-state index >= 15 is 0 Å². The predicted molar refractivity (Wildman–Crippen MR) is 94.6 cm³/mol. The molecule has 0 unspecified atom stereocenters. The molecular weight excluding hydrogens is 360 g/mol. The third-order valence-electron chi connectivity index (χ3n) is 2.93. The molecule has 7 heteroatoms. The highest BCUT2D eigenvalue weighted by Crippen LogP contribution is 2.18. The van der Waals surface area contributed by atoms with Gasteiger partial charge in [-0.25, -0.2) is 4.79 Å². The van der Waals surface area contributed by atoms with Gasteiger partial charge in [-0.3, -0.25) is 4.79 Å². The van der Waals surface area contributed by atoms with Gasteiger partial charge in [-0.1, -0.05) is 34.1 Å². The van der Waals surface area contributed by atoms with Crippen LogP contribution in [0.2, 0.25) is 0 Å². The number of urea groups is 1. The number of hydrogen-bond acceptors (Lipinski definition) is 3. The molecule has 0 radical (unpaired) electrons. The molecule has 3 amide bonds. The van der Waals surface area contributed by atoms with Crippen molar-refractivity contribution in [2.45, 2.75) is 0 Å². The number of nitrogens with two attached hydrogens (primary N) is 1. The van der Waals surface area contributed by atoms with Crippen molar-refractivity contribution < 1.29 is 9.59 Å². The van der Waals surface area contributed by atoms with Crippen molar-refractivity contribution in [2.24, 2.45) is 5.73 Å². The maximum Gasteiger partial charge on any atom is 0.323 e. The second kappa shape index (κ2) is 8.30. The van der Waals surface area contributed by atoms with Gasteiger partial charge in [0.1, 0.15) is 0 Å². The zero-order valence-corrected chi connectivity index (χ0v) is 13.9. The van der Waals surface area contributed by atoms with Crippen molar-refractivity contribution in [2.75, 3.05) is 23.7 Å². The topological polar surface area (TPSA) is 96.2 Å². The van der Waals surface area contributed by atoms with Crippen molar-refractivity contribution >= 4 is 39.2 Å². The summed E-state index contributed by atoms with van der Waals surface area (Å²) in [6.07, 6.45) is 0. The second-order valence-electron chi connectivity index (χ2n) is 4.68. The summed E-state index contributed by atoms with van der Waals surface area (Å²) in [6.45, 7) is 0.724. The Bertz CT molecular complexity index is 706. The highest BCUT2D eigenvalue weighted by atomic mass is 79.9. The van der Waals surface area contributed by atoms with Gasteiger partial charge in [0, 0.05) is 23.2 Å². The van der Waals surface area contributed by atoms with Crippen molar-refractivity contribution in [3.8, 4) is 0 Å². The van der Waals surface area contributed by atoms with E-state index < -0.39 is 6.03 Å². The first-order valence-electron chi connectivity index (χ1n) is 7.01. The number of hydrogen-bond donors (Lipinski definition) is 4. The molecule has 6 nitrogen and oxygen atoms in total. The Labute approximate surface area is 142 Å². The molecule has 23 heavy (non-hydrogen) atoms. The Kier molecular flexibility index (Phi) is 6.13. The summed E-state index contributed by atoms with van der Waals surface area (Å²) in [4.78, 5) is 24.2. The fourth-order valence-corrected chi connectivity index (χ4v) is 2.32. The van der Waals surface area contributed by atoms with Crippen LogP contribution in [0.15, 0.2) is 53.0 Å². The summed E-state index contributed by atoms with van der Waals surface area (Å²) in [6, 6.07) is 13.6. The van der Waals surface area contributed by atoms with Crippen LogP contribution >= 0.6 is 15.9 Å². The summed E-state index contributed by atoms with van der Waals surface area (Å²) in [5.41, 5.74) is 6.82. The molecule has 0 aromatic heterocycles. The molecule has 2 aromatic rings. The van der Waals surface area contributed by atoms with E-state index in [-0.39, 0.29) is 5.91 Å². The summed E-state index contributed by atoms with van der Waals surface area (Å²) in [5, 5.41) is 8.06. The third kappa shape index (κ3) is 5.08. The van der Waals surface area contributed by atoms with Crippen LogP contribution in [-0.2, 0) is 0 Å². The van der Waals surface area contributed by atoms with E-state index in [1.807, 2.05) is 12.1 Å². The van der Waals surface area contributed by atoms with Gasteiger partial charge in [0.2, 0.25) is 0 Å². The molecule has 0 fully saturated rings. The number of carbonyl (C=O) groups is 2. The maximum absolute atomic E-state index is 12.1. The van der Waals surface area contributed by atoms with Gasteiger partial charge in [-0.15, -0.1) is 0 Å². The van der Waals surface area contributed by atoms with Crippen molar-refractivity contribution in [3.63, 3.8) is 0 Å². The minimum absolute atomic E-state index is 0.284. The largest absolute Gasteiger partial charge is 0.351 e. The lowest BCUT2D eigenvalue weighted by Gasteiger charge is -2.12. The number of para-hydroxylation sites is 1. The van der Waals surface area contributed by atoms with Gasteiger partial charge in [0.25, 0.3) is 5.91 Å². The molecule has 0 atom stereocenters. The van der Waals surface area contributed by atoms with Crippen molar-refractivity contribution in [3.05, 3.63) is 58.6 Å². The SMILES string of the molecule is NCCNC(=O)c1ccccc1NC(=O)Nc1cccc(Br)c1. The zero-order valence-electron chi connectivity index (χ0n) is 12.3. The van der Waals surface area contributed by atoms with Crippen LogP contribution < -0.4 is 21.7 Å². The van der Waals surface area contributed by atoms with Gasteiger partial charge in [0.15, 0.2) is 0 Å². The minimum atomic E-state index is -0.429. The fourth-order valence-electron chi connectivity index (χ4n) is 1.92. The molecule has 0 heterocycles. The summed E-state index contributed by atoms with van der Waals surface area (Å²) >= 11 is 3.34. The number of carbonyl (C=O) groups excluding carboxylic acids is 2. The first-order chi connectivity index (χ1) is 11.1. The Morgan fingerprint density at radius 3 is 2.57 bits per heavy atom. The molecule has 5 N–H and O–H groups in total. The Hall–Kier alpha value is -2.38. The Balaban J connectivity index is 2.07.